The van der Waals surface area contributed by atoms with E-state index in [4.69, 9.17) is 37.6 Å². The minimum absolute atomic E-state index is 0.135. The van der Waals surface area contributed by atoms with Crippen molar-refractivity contribution in [3.05, 3.63) is 166 Å². The number of aryl methyl sites for hydroxylation is 1. The number of carbonyl (C=O) groups excluding carboxylic acids is 3. The van der Waals surface area contributed by atoms with Gasteiger partial charge in [0.2, 0.25) is 5.91 Å². The van der Waals surface area contributed by atoms with Crippen molar-refractivity contribution in [3.8, 4) is 0 Å². The zero-order valence-corrected chi connectivity index (χ0v) is 37.6. The quantitative estimate of drug-likeness (QED) is 0.0589. The van der Waals surface area contributed by atoms with Crippen LogP contribution < -0.4 is 0 Å². The van der Waals surface area contributed by atoms with Crippen LogP contribution in [0.15, 0.2) is 136 Å². The van der Waals surface area contributed by atoms with Gasteiger partial charge in [-0.15, -0.1) is 0 Å². The second-order valence-corrected chi connectivity index (χ2v) is 16.7. The van der Waals surface area contributed by atoms with Crippen molar-refractivity contribution in [3.63, 3.8) is 0 Å². The van der Waals surface area contributed by atoms with Crippen LogP contribution in [0.2, 0.25) is 0 Å². The summed E-state index contributed by atoms with van der Waals surface area (Å²) in [5.41, 5.74) is 3.46. The largest absolute Gasteiger partial charge is 0.461 e. The lowest BCUT2D eigenvalue weighted by Crippen LogP contribution is -2.61. The molecule has 5 aromatic rings. The second kappa shape index (κ2) is 22.6. The maximum atomic E-state index is 14.7. The number of cyclic esters (lactones) is 1. The third-order valence-electron chi connectivity index (χ3n) is 11.4. The number of halogens is 1. The van der Waals surface area contributed by atoms with Gasteiger partial charge in [0, 0.05) is 27.1 Å². The third-order valence-corrected chi connectivity index (χ3v) is 12.1. The number of aliphatic hydroxyl groups excluding tert-OH is 1. The summed E-state index contributed by atoms with van der Waals surface area (Å²) in [5.74, 6) is -1.48. The summed E-state index contributed by atoms with van der Waals surface area (Å²) in [7, 11) is 1.51. The van der Waals surface area contributed by atoms with Crippen molar-refractivity contribution < 1.29 is 57.1 Å². The lowest BCUT2D eigenvalue weighted by atomic mass is 9.90. The predicted molar refractivity (Wildman–Crippen MR) is 237 cm³/mol. The molecule has 2 saturated heterocycles. The zero-order valence-electron chi connectivity index (χ0n) is 36.0. The highest BCUT2D eigenvalue weighted by atomic mass is 79.9. The molecule has 0 saturated carbocycles. The average Bonchev–Trinajstić information content (AvgIpc) is 3.84. The van der Waals surface area contributed by atoms with Crippen LogP contribution in [0.5, 0.6) is 0 Å². The minimum Gasteiger partial charge on any atom is -0.461 e. The number of imide groups is 1. The SMILES string of the molecule is CO[C@H]1O[C@H](CO)[C@@H](OCc2ccccc2)[C@H](OCc2ccccc2)[C@@H]1OCCCc1oc([C@H](OC(C)=O)[C@@H](Cc2ccccc2)C(=O)N2C(=O)O[C@@H](c3ccccc3)[C@H]2C)cc1Br. The van der Waals surface area contributed by atoms with Gasteiger partial charge in [0.25, 0.3) is 0 Å². The van der Waals surface area contributed by atoms with Gasteiger partial charge in [-0.05, 0) is 64.0 Å². The van der Waals surface area contributed by atoms with E-state index in [9.17, 15) is 19.5 Å². The molecule has 0 bridgehead atoms. The Hall–Kier alpha value is -5.19. The highest BCUT2D eigenvalue weighted by molar-refractivity contribution is 9.10. The van der Waals surface area contributed by atoms with Gasteiger partial charge in [-0.1, -0.05) is 121 Å². The maximum Gasteiger partial charge on any atom is 0.417 e. The van der Waals surface area contributed by atoms with Crippen molar-refractivity contribution in [2.75, 3.05) is 20.3 Å². The first-order chi connectivity index (χ1) is 31.1. The Morgan fingerprint density at radius 2 is 1.38 bits per heavy atom. The number of hydrogen-bond donors (Lipinski definition) is 1. The molecule has 3 heterocycles. The highest BCUT2D eigenvalue weighted by Crippen LogP contribution is 2.40. The van der Waals surface area contributed by atoms with Crippen molar-refractivity contribution >= 4 is 33.9 Å². The average molecular weight is 941 g/mol. The Morgan fingerprint density at radius 1 is 0.797 bits per heavy atom. The minimum atomic E-state index is -1.20. The first-order valence-electron chi connectivity index (χ1n) is 21.4. The Bertz CT molecular complexity index is 2240. The number of amides is 2. The number of hydrogen-bond acceptors (Lipinski definition) is 12. The van der Waals surface area contributed by atoms with Crippen LogP contribution >= 0.6 is 15.9 Å². The van der Waals surface area contributed by atoms with Crippen molar-refractivity contribution in [2.45, 2.75) is 95.3 Å². The van der Waals surface area contributed by atoms with E-state index in [2.05, 4.69) is 15.9 Å². The van der Waals surface area contributed by atoms with Gasteiger partial charge in [0.15, 0.2) is 12.4 Å². The topological polar surface area (TPSA) is 152 Å². The molecule has 1 N–H and O–H groups in total. The molecule has 4 aromatic carbocycles. The Morgan fingerprint density at radius 3 is 1.95 bits per heavy atom. The van der Waals surface area contributed by atoms with Gasteiger partial charge in [-0.3, -0.25) is 9.59 Å². The molecule has 0 spiro atoms. The molecule has 64 heavy (non-hydrogen) atoms. The Labute approximate surface area is 381 Å². The van der Waals surface area contributed by atoms with Crippen molar-refractivity contribution in [2.24, 2.45) is 5.92 Å². The molecule has 0 unspecified atom stereocenters. The number of aliphatic hydroxyl groups is 1. The van der Waals surface area contributed by atoms with Crippen molar-refractivity contribution in [1.29, 1.82) is 0 Å². The van der Waals surface area contributed by atoms with Crippen molar-refractivity contribution in [1.82, 2.24) is 4.90 Å². The fourth-order valence-corrected chi connectivity index (χ4v) is 8.74. The van der Waals surface area contributed by atoms with Gasteiger partial charge in [-0.25, -0.2) is 9.69 Å². The van der Waals surface area contributed by atoms with E-state index in [1.54, 1.807) is 13.0 Å². The van der Waals surface area contributed by atoms with Crippen LogP contribution in [0.25, 0.3) is 0 Å². The van der Waals surface area contributed by atoms with E-state index < -0.39 is 72.8 Å². The first kappa shape index (κ1) is 46.8. The van der Waals surface area contributed by atoms with E-state index in [-0.39, 0.29) is 38.6 Å². The third kappa shape index (κ3) is 11.5. The van der Waals surface area contributed by atoms with Crippen LogP contribution in [0, 0.1) is 5.92 Å². The van der Waals surface area contributed by atoms with E-state index in [1.165, 1.54) is 14.0 Å². The Kier molecular flexibility index (Phi) is 16.5. The molecule has 2 fully saturated rings. The standard InChI is InChI=1S/C50H54BrNO12/c1-32-43(37-23-14-7-15-24-37)64-50(56)52(32)48(55)38(27-34-17-8-4-9-18-34)44(61-33(2)54)41-28-39(51)40(62-41)25-16-26-58-47-46(60-31-36-21-12-6-13-22-36)45(42(29-53)63-49(47)57-3)59-30-35-19-10-5-11-20-35/h4-15,17-24,28,32,38,42-47,49,53H,16,25-27,29-31H2,1-3H3/t32-,38-,42-,43-,44-,45-,46+,47+,49+/m1/s1. The summed E-state index contributed by atoms with van der Waals surface area (Å²) in [6, 6.07) is 39.1. The number of rotatable bonds is 20. The molecule has 2 amide bonds. The van der Waals surface area contributed by atoms with Crippen LogP contribution in [0.3, 0.4) is 0 Å². The molecule has 2 aliphatic rings. The van der Waals surface area contributed by atoms with Crippen LogP contribution in [-0.2, 0) is 68.8 Å². The molecule has 0 radical (unpaired) electrons. The molecule has 7 rings (SSSR count). The zero-order chi connectivity index (χ0) is 45.0. The fourth-order valence-electron chi connectivity index (χ4n) is 8.24. The van der Waals surface area contributed by atoms with Gasteiger partial charge in [0.05, 0.1) is 36.3 Å². The fraction of sp³-hybridized carbons (Fsp3) is 0.380. The number of furan rings is 1. The molecule has 13 nitrogen and oxygen atoms in total. The monoisotopic (exact) mass is 939 g/mol. The predicted octanol–water partition coefficient (Wildman–Crippen LogP) is 8.47. The van der Waals surface area contributed by atoms with E-state index in [0.29, 0.717) is 23.1 Å². The summed E-state index contributed by atoms with van der Waals surface area (Å²) in [5, 5.41) is 10.4. The molecular formula is C50H54BrNO12. The normalized spacial score (nSPS) is 23.0. The highest BCUT2D eigenvalue weighted by Gasteiger charge is 2.50. The number of ether oxygens (including phenoxy) is 7. The van der Waals surface area contributed by atoms with Gasteiger partial charge < -0.3 is 42.7 Å². The summed E-state index contributed by atoms with van der Waals surface area (Å²) in [4.78, 5) is 42.0. The molecule has 14 heteroatoms. The molecule has 1 aromatic heterocycles. The van der Waals surface area contributed by atoms with E-state index >= 15 is 0 Å². The lowest BCUT2D eigenvalue weighted by Gasteiger charge is -2.45. The molecule has 2 aliphatic heterocycles. The van der Waals surface area contributed by atoms with E-state index in [0.717, 1.165) is 27.2 Å². The smallest absolute Gasteiger partial charge is 0.417 e. The first-order valence-corrected chi connectivity index (χ1v) is 22.2. The number of carbonyl (C=O) groups is 3. The molecule has 0 aliphatic carbocycles. The number of esters is 1. The van der Waals surface area contributed by atoms with Gasteiger partial charge >= 0.3 is 12.1 Å². The van der Waals surface area contributed by atoms with Gasteiger partial charge in [-0.2, -0.15) is 0 Å². The van der Waals surface area contributed by atoms with Gasteiger partial charge in [0.1, 0.15) is 42.0 Å². The number of benzene rings is 4. The summed E-state index contributed by atoms with van der Waals surface area (Å²) in [6.45, 7) is 3.45. The maximum absolute atomic E-state index is 14.7. The van der Waals surface area contributed by atoms with Crippen LogP contribution in [-0.4, -0.2) is 85.0 Å². The van der Waals surface area contributed by atoms with E-state index in [1.807, 2.05) is 121 Å². The summed E-state index contributed by atoms with van der Waals surface area (Å²) >= 11 is 3.64. The second-order valence-electron chi connectivity index (χ2n) is 15.8. The summed E-state index contributed by atoms with van der Waals surface area (Å²) in [6.07, 6.45) is -5.43. The Balaban J connectivity index is 1.09. The molecular weight excluding hydrogens is 886 g/mol. The van der Waals surface area contributed by atoms with Crippen LogP contribution in [0.1, 0.15) is 66.3 Å². The molecule has 9 atom stereocenters. The van der Waals surface area contributed by atoms with Crippen LogP contribution in [0.4, 0.5) is 4.79 Å². The number of methoxy groups -OCH3 is 1. The molecule has 338 valence electrons. The lowest BCUT2D eigenvalue weighted by molar-refractivity contribution is -0.319. The summed E-state index contributed by atoms with van der Waals surface area (Å²) < 4.78 is 50.2. The number of nitrogens with zero attached hydrogens (tertiary/aromatic N) is 1.